The minimum atomic E-state index is -0.647. The van der Waals surface area contributed by atoms with Crippen LogP contribution in [-0.4, -0.2) is 25.7 Å². The molecule has 1 rings (SSSR count). The lowest BCUT2D eigenvalue weighted by Gasteiger charge is -2.09. The predicted octanol–water partition coefficient (Wildman–Crippen LogP) is 1.34. The average molecular weight is 227 g/mol. The molecule has 0 heterocycles. The zero-order chi connectivity index (χ0) is 12.0. The fourth-order valence-electron chi connectivity index (χ4n) is 1.17. The Bertz CT molecular complexity index is 368. The van der Waals surface area contributed by atoms with Gasteiger partial charge in [0.25, 0.3) is 5.91 Å². The maximum atomic E-state index is 12.9. The summed E-state index contributed by atoms with van der Waals surface area (Å²) in [7, 11) is 0. The van der Waals surface area contributed by atoms with Gasteiger partial charge < -0.3 is 15.2 Å². The Morgan fingerprint density at radius 2 is 2.19 bits per heavy atom. The second-order valence-electron chi connectivity index (χ2n) is 3.05. The number of hydrogen-bond donors (Lipinski definition) is 1. The first-order valence-corrected chi connectivity index (χ1v) is 4.95. The van der Waals surface area contributed by atoms with Gasteiger partial charge in [-0.3, -0.25) is 4.79 Å². The molecule has 4 nitrogen and oxygen atoms in total. The second kappa shape index (κ2) is 6.07. The molecule has 0 aromatic heterocycles. The standard InChI is InChI=1S/C11H14FNO3/c1-2-15-5-6-16-10-7-8(12)3-4-9(10)11(13)14/h3-4,7H,2,5-6H2,1H3,(H2,13,14). The van der Waals surface area contributed by atoms with Gasteiger partial charge in [-0.15, -0.1) is 0 Å². The number of carbonyl (C=O) groups excluding carboxylic acids is 1. The summed E-state index contributed by atoms with van der Waals surface area (Å²) in [6.45, 7) is 3.06. The van der Waals surface area contributed by atoms with Crippen molar-refractivity contribution in [1.82, 2.24) is 0 Å². The Morgan fingerprint density at radius 3 is 2.81 bits per heavy atom. The molecule has 0 radical (unpaired) electrons. The molecule has 2 N–H and O–H groups in total. The summed E-state index contributed by atoms with van der Waals surface area (Å²) in [6.07, 6.45) is 0. The average Bonchev–Trinajstić information content (AvgIpc) is 2.24. The number of carbonyl (C=O) groups is 1. The van der Waals surface area contributed by atoms with Crippen molar-refractivity contribution in [3.8, 4) is 5.75 Å². The van der Waals surface area contributed by atoms with Gasteiger partial charge in [-0.1, -0.05) is 0 Å². The van der Waals surface area contributed by atoms with E-state index in [2.05, 4.69) is 0 Å². The van der Waals surface area contributed by atoms with Crippen molar-refractivity contribution in [1.29, 1.82) is 0 Å². The lowest BCUT2D eigenvalue weighted by molar-refractivity contribution is 0.0978. The summed E-state index contributed by atoms with van der Waals surface area (Å²) >= 11 is 0. The van der Waals surface area contributed by atoms with Gasteiger partial charge in [0.1, 0.15) is 18.2 Å². The maximum absolute atomic E-state index is 12.9. The van der Waals surface area contributed by atoms with Crippen molar-refractivity contribution in [2.45, 2.75) is 6.92 Å². The zero-order valence-electron chi connectivity index (χ0n) is 9.03. The summed E-state index contributed by atoms with van der Waals surface area (Å²) < 4.78 is 23.2. The number of ether oxygens (including phenoxy) is 2. The second-order valence-corrected chi connectivity index (χ2v) is 3.05. The van der Waals surface area contributed by atoms with Crippen molar-refractivity contribution in [2.24, 2.45) is 5.73 Å². The topological polar surface area (TPSA) is 61.6 Å². The molecule has 0 atom stereocenters. The molecular weight excluding hydrogens is 213 g/mol. The monoisotopic (exact) mass is 227 g/mol. The minimum absolute atomic E-state index is 0.146. The van der Waals surface area contributed by atoms with Gasteiger partial charge in [0, 0.05) is 12.7 Å². The van der Waals surface area contributed by atoms with E-state index in [1.807, 2.05) is 6.92 Å². The van der Waals surface area contributed by atoms with Gasteiger partial charge in [-0.25, -0.2) is 4.39 Å². The van der Waals surface area contributed by atoms with Gasteiger partial charge in [-0.05, 0) is 19.1 Å². The lowest BCUT2D eigenvalue weighted by Crippen LogP contribution is -2.15. The zero-order valence-corrected chi connectivity index (χ0v) is 9.03. The highest BCUT2D eigenvalue weighted by molar-refractivity contribution is 5.95. The Labute approximate surface area is 93.2 Å². The fourth-order valence-corrected chi connectivity index (χ4v) is 1.17. The normalized spacial score (nSPS) is 10.1. The number of primary amides is 1. The van der Waals surface area contributed by atoms with E-state index in [4.69, 9.17) is 15.2 Å². The van der Waals surface area contributed by atoms with Crippen LogP contribution in [0, 0.1) is 5.82 Å². The van der Waals surface area contributed by atoms with Crippen LogP contribution >= 0.6 is 0 Å². The Morgan fingerprint density at radius 1 is 1.44 bits per heavy atom. The molecule has 88 valence electrons. The third-order valence-corrected chi connectivity index (χ3v) is 1.90. The SMILES string of the molecule is CCOCCOc1cc(F)ccc1C(N)=O. The van der Waals surface area contributed by atoms with E-state index >= 15 is 0 Å². The third-order valence-electron chi connectivity index (χ3n) is 1.90. The number of amides is 1. The van der Waals surface area contributed by atoms with E-state index in [1.165, 1.54) is 6.07 Å². The molecule has 1 aromatic carbocycles. The molecule has 0 bridgehead atoms. The molecule has 0 saturated heterocycles. The molecule has 0 fully saturated rings. The number of hydrogen-bond acceptors (Lipinski definition) is 3. The number of halogens is 1. The van der Waals surface area contributed by atoms with E-state index in [9.17, 15) is 9.18 Å². The van der Waals surface area contributed by atoms with E-state index in [0.717, 1.165) is 12.1 Å². The lowest BCUT2D eigenvalue weighted by atomic mass is 10.2. The Hall–Kier alpha value is -1.62. The molecule has 1 aromatic rings. The maximum Gasteiger partial charge on any atom is 0.252 e. The highest BCUT2D eigenvalue weighted by atomic mass is 19.1. The van der Waals surface area contributed by atoms with Crippen LogP contribution in [0.4, 0.5) is 4.39 Å². The van der Waals surface area contributed by atoms with E-state index < -0.39 is 11.7 Å². The van der Waals surface area contributed by atoms with Gasteiger partial charge >= 0.3 is 0 Å². The number of rotatable bonds is 6. The molecule has 0 aliphatic heterocycles. The van der Waals surface area contributed by atoms with Crippen LogP contribution in [0.15, 0.2) is 18.2 Å². The first-order chi connectivity index (χ1) is 7.65. The molecule has 0 spiro atoms. The van der Waals surface area contributed by atoms with Crippen LogP contribution in [-0.2, 0) is 4.74 Å². The largest absolute Gasteiger partial charge is 0.490 e. The van der Waals surface area contributed by atoms with E-state index in [-0.39, 0.29) is 17.9 Å². The molecule has 0 aliphatic carbocycles. The fraction of sp³-hybridized carbons (Fsp3) is 0.364. The van der Waals surface area contributed by atoms with Crippen molar-refractivity contribution < 1.29 is 18.7 Å². The number of nitrogens with two attached hydrogens (primary N) is 1. The van der Waals surface area contributed by atoms with Crippen molar-refractivity contribution in [3.63, 3.8) is 0 Å². The molecular formula is C11H14FNO3. The summed E-state index contributed by atoms with van der Waals surface area (Å²) in [5.74, 6) is -0.977. The Kier molecular flexibility index (Phi) is 4.72. The Balaban J connectivity index is 2.68. The van der Waals surface area contributed by atoms with E-state index in [0.29, 0.717) is 13.2 Å². The summed E-state index contributed by atoms with van der Waals surface area (Å²) in [5, 5.41) is 0. The van der Waals surface area contributed by atoms with Crippen molar-refractivity contribution >= 4 is 5.91 Å². The molecule has 1 amide bonds. The molecule has 5 heteroatoms. The summed E-state index contributed by atoms with van der Waals surface area (Å²) in [4.78, 5) is 11.0. The van der Waals surface area contributed by atoms with Crippen LogP contribution in [0.3, 0.4) is 0 Å². The smallest absolute Gasteiger partial charge is 0.252 e. The van der Waals surface area contributed by atoms with Crippen LogP contribution < -0.4 is 10.5 Å². The van der Waals surface area contributed by atoms with E-state index in [1.54, 1.807) is 0 Å². The first kappa shape index (κ1) is 12.4. The van der Waals surface area contributed by atoms with Gasteiger partial charge in [0.05, 0.1) is 12.2 Å². The quantitative estimate of drug-likeness (QED) is 0.746. The van der Waals surface area contributed by atoms with Gasteiger partial charge in [0.15, 0.2) is 0 Å². The minimum Gasteiger partial charge on any atom is -0.490 e. The van der Waals surface area contributed by atoms with Crippen LogP contribution in [0.25, 0.3) is 0 Å². The van der Waals surface area contributed by atoms with Crippen LogP contribution in [0.5, 0.6) is 5.75 Å². The van der Waals surface area contributed by atoms with Crippen LogP contribution in [0.2, 0.25) is 0 Å². The van der Waals surface area contributed by atoms with Crippen LogP contribution in [0.1, 0.15) is 17.3 Å². The summed E-state index contributed by atoms with van der Waals surface area (Å²) in [5.41, 5.74) is 5.29. The summed E-state index contributed by atoms with van der Waals surface area (Å²) in [6, 6.07) is 3.59. The molecule has 0 aliphatic rings. The molecule has 0 saturated carbocycles. The third kappa shape index (κ3) is 3.51. The van der Waals surface area contributed by atoms with Crippen molar-refractivity contribution in [3.05, 3.63) is 29.6 Å². The molecule has 0 unspecified atom stereocenters. The predicted molar refractivity (Wildman–Crippen MR) is 56.9 cm³/mol. The number of benzene rings is 1. The van der Waals surface area contributed by atoms with Crippen molar-refractivity contribution in [2.75, 3.05) is 19.8 Å². The van der Waals surface area contributed by atoms with Gasteiger partial charge in [0.2, 0.25) is 0 Å². The highest BCUT2D eigenvalue weighted by Crippen LogP contribution is 2.19. The highest BCUT2D eigenvalue weighted by Gasteiger charge is 2.10. The first-order valence-electron chi connectivity index (χ1n) is 4.95. The molecule has 16 heavy (non-hydrogen) atoms. The van der Waals surface area contributed by atoms with Gasteiger partial charge in [-0.2, -0.15) is 0 Å².